The molecular formula is C16H15Cl2NO4S. The summed E-state index contributed by atoms with van der Waals surface area (Å²) in [5.74, 6) is -1.40. The molecule has 1 N–H and O–H groups in total. The van der Waals surface area contributed by atoms with E-state index in [1.807, 2.05) is 6.07 Å². The van der Waals surface area contributed by atoms with Crippen LogP contribution < -0.4 is 0 Å². The molecule has 2 heterocycles. The van der Waals surface area contributed by atoms with Gasteiger partial charge in [-0.25, -0.2) is 4.79 Å². The van der Waals surface area contributed by atoms with E-state index in [1.165, 1.54) is 23.8 Å². The minimum Gasteiger partial charge on any atom is -0.477 e. The number of carboxylic acid groups (broad SMARTS) is 1. The number of ether oxygens (including phenoxy) is 1. The first-order valence-corrected chi connectivity index (χ1v) is 8.94. The highest BCUT2D eigenvalue weighted by molar-refractivity contribution is 8.00. The highest BCUT2D eigenvalue weighted by Crippen LogP contribution is 2.46. The van der Waals surface area contributed by atoms with Crippen molar-refractivity contribution in [3.8, 4) is 0 Å². The largest absolute Gasteiger partial charge is 0.477 e. The van der Waals surface area contributed by atoms with Crippen LogP contribution in [-0.2, 0) is 20.7 Å². The second-order valence-corrected chi connectivity index (χ2v) is 7.81. The number of hydrogen-bond donors (Lipinski definition) is 1. The number of halogens is 2. The Morgan fingerprint density at radius 1 is 1.38 bits per heavy atom. The van der Waals surface area contributed by atoms with Crippen molar-refractivity contribution < 1.29 is 19.4 Å². The number of hydrogen-bond acceptors (Lipinski definition) is 4. The summed E-state index contributed by atoms with van der Waals surface area (Å²) in [5, 5.41) is 10.1. The van der Waals surface area contributed by atoms with Crippen LogP contribution in [0.5, 0.6) is 0 Å². The Hall–Kier alpha value is -1.21. The third-order valence-electron chi connectivity index (χ3n) is 4.26. The summed E-state index contributed by atoms with van der Waals surface area (Å²) in [4.78, 5) is 25.1. The van der Waals surface area contributed by atoms with Gasteiger partial charge in [0.05, 0.1) is 10.0 Å². The normalized spacial score (nSPS) is 26.2. The van der Waals surface area contributed by atoms with E-state index in [0.29, 0.717) is 22.0 Å². The van der Waals surface area contributed by atoms with Gasteiger partial charge in [-0.2, -0.15) is 0 Å². The molecule has 3 rings (SSSR count). The first kappa shape index (κ1) is 17.6. The Labute approximate surface area is 153 Å². The molecule has 1 saturated heterocycles. The summed E-state index contributed by atoms with van der Waals surface area (Å²) in [6.45, 7) is 1.75. The Morgan fingerprint density at radius 3 is 2.67 bits per heavy atom. The van der Waals surface area contributed by atoms with Crippen molar-refractivity contribution in [2.45, 2.75) is 30.1 Å². The molecule has 24 heavy (non-hydrogen) atoms. The number of carbonyl (C=O) groups excluding carboxylic acids is 1. The van der Waals surface area contributed by atoms with Crippen molar-refractivity contribution in [2.75, 3.05) is 7.11 Å². The van der Waals surface area contributed by atoms with E-state index in [-0.39, 0.29) is 22.2 Å². The SMILES string of the molecule is CO[C@H]1C(=O)N2C(C(=O)O)=C(C)C(Cc3ccc(Cl)c(Cl)c3)S[C@H]12. The molecule has 8 heteroatoms. The fourth-order valence-corrected chi connectivity index (χ4v) is 4.95. The Morgan fingerprint density at radius 2 is 2.08 bits per heavy atom. The minimum absolute atomic E-state index is 0.0575. The quantitative estimate of drug-likeness (QED) is 0.803. The number of amides is 1. The molecule has 0 spiro atoms. The maximum atomic E-state index is 12.1. The number of methoxy groups -OCH3 is 1. The number of thioether (sulfide) groups is 1. The molecule has 1 aromatic carbocycles. The molecule has 2 aliphatic rings. The van der Waals surface area contributed by atoms with Gasteiger partial charge in [0.15, 0.2) is 6.10 Å². The van der Waals surface area contributed by atoms with E-state index in [9.17, 15) is 14.7 Å². The lowest BCUT2D eigenvalue weighted by atomic mass is 9.99. The van der Waals surface area contributed by atoms with Gasteiger partial charge in [-0.15, -0.1) is 11.8 Å². The summed E-state index contributed by atoms with van der Waals surface area (Å²) in [6.07, 6.45) is -0.00664. The molecule has 2 aliphatic heterocycles. The molecule has 128 valence electrons. The summed E-state index contributed by atoms with van der Waals surface area (Å²) >= 11 is 13.5. The van der Waals surface area contributed by atoms with Crippen LogP contribution in [0, 0.1) is 0 Å². The van der Waals surface area contributed by atoms with Gasteiger partial charge in [0.25, 0.3) is 5.91 Å². The van der Waals surface area contributed by atoms with Crippen LogP contribution in [0.15, 0.2) is 29.5 Å². The van der Waals surface area contributed by atoms with Gasteiger partial charge in [-0.1, -0.05) is 29.3 Å². The van der Waals surface area contributed by atoms with E-state index >= 15 is 0 Å². The lowest BCUT2D eigenvalue weighted by molar-refractivity contribution is -0.162. The van der Waals surface area contributed by atoms with E-state index in [2.05, 4.69) is 0 Å². The van der Waals surface area contributed by atoms with Crippen molar-refractivity contribution in [1.82, 2.24) is 4.90 Å². The van der Waals surface area contributed by atoms with Crippen LogP contribution >= 0.6 is 35.0 Å². The minimum atomic E-state index is -1.10. The van der Waals surface area contributed by atoms with Gasteiger partial charge in [-0.05, 0) is 36.6 Å². The molecule has 1 fully saturated rings. The third kappa shape index (κ3) is 2.81. The number of carbonyl (C=O) groups is 2. The first-order valence-electron chi connectivity index (χ1n) is 7.24. The number of β-lactam (4-membered cyclic amide) rings is 1. The zero-order valence-corrected chi connectivity index (χ0v) is 15.3. The number of fused-ring (bicyclic) bond motifs is 1. The van der Waals surface area contributed by atoms with E-state index in [1.54, 1.807) is 19.1 Å². The Bertz CT molecular complexity index is 752. The van der Waals surface area contributed by atoms with Gasteiger partial charge in [0.2, 0.25) is 0 Å². The second-order valence-electron chi connectivity index (χ2n) is 5.67. The van der Waals surface area contributed by atoms with Crippen LogP contribution in [-0.4, -0.2) is 45.7 Å². The van der Waals surface area contributed by atoms with E-state index in [0.717, 1.165) is 5.56 Å². The zero-order chi connectivity index (χ0) is 17.6. The lowest BCUT2D eigenvalue weighted by Gasteiger charge is -2.50. The topological polar surface area (TPSA) is 66.8 Å². The predicted octanol–water partition coefficient (Wildman–Crippen LogP) is 3.19. The Balaban J connectivity index is 1.92. The average molecular weight is 388 g/mol. The maximum Gasteiger partial charge on any atom is 0.352 e. The molecular weight excluding hydrogens is 373 g/mol. The monoisotopic (exact) mass is 387 g/mol. The molecule has 1 amide bonds. The van der Waals surface area contributed by atoms with Gasteiger partial charge >= 0.3 is 5.97 Å². The van der Waals surface area contributed by atoms with Crippen LogP contribution in [0.2, 0.25) is 10.0 Å². The smallest absolute Gasteiger partial charge is 0.352 e. The van der Waals surface area contributed by atoms with Crippen molar-refractivity contribution in [1.29, 1.82) is 0 Å². The van der Waals surface area contributed by atoms with E-state index in [4.69, 9.17) is 27.9 Å². The van der Waals surface area contributed by atoms with Crippen molar-refractivity contribution in [3.63, 3.8) is 0 Å². The fourth-order valence-electron chi connectivity index (χ4n) is 2.99. The van der Waals surface area contributed by atoms with Crippen molar-refractivity contribution >= 4 is 46.8 Å². The molecule has 0 aromatic heterocycles. The number of rotatable bonds is 4. The molecule has 0 radical (unpaired) electrons. The standard InChI is InChI=1S/C16H15Cl2NO4S/c1-7-11(6-8-3-4-9(17)10(18)5-8)24-15-13(23-2)14(20)19(15)12(7)16(21)22/h3-5,11,13,15H,6H2,1-2H3,(H,21,22)/t11?,13-,15+/m0/s1. The molecule has 1 aromatic rings. The summed E-state index contributed by atoms with van der Waals surface area (Å²) < 4.78 is 5.20. The summed E-state index contributed by atoms with van der Waals surface area (Å²) in [6, 6.07) is 5.37. The van der Waals surface area contributed by atoms with Gasteiger partial charge in [0, 0.05) is 12.4 Å². The zero-order valence-electron chi connectivity index (χ0n) is 13.0. The van der Waals surface area contributed by atoms with E-state index < -0.39 is 12.1 Å². The lowest BCUT2D eigenvalue weighted by Crippen LogP contribution is -2.66. The summed E-state index contributed by atoms with van der Waals surface area (Å²) in [5.41, 5.74) is 1.68. The molecule has 0 aliphatic carbocycles. The fraction of sp³-hybridized carbons (Fsp3) is 0.375. The maximum absolute atomic E-state index is 12.1. The van der Waals surface area contributed by atoms with Crippen molar-refractivity contribution in [3.05, 3.63) is 45.1 Å². The van der Waals surface area contributed by atoms with Gasteiger partial charge < -0.3 is 9.84 Å². The highest BCUT2D eigenvalue weighted by atomic mass is 35.5. The first-order chi connectivity index (χ1) is 11.3. The highest BCUT2D eigenvalue weighted by Gasteiger charge is 2.55. The van der Waals surface area contributed by atoms with Crippen LogP contribution in [0.1, 0.15) is 12.5 Å². The van der Waals surface area contributed by atoms with Crippen LogP contribution in [0.3, 0.4) is 0 Å². The summed E-state index contributed by atoms with van der Waals surface area (Å²) in [7, 11) is 1.46. The molecule has 1 unspecified atom stereocenters. The number of benzene rings is 1. The number of aliphatic carboxylic acids is 1. The van der Waals surface area contributed by atoms with Crippen LogP contribution in [0.4, 0.5) is 0 Å². The van der Waals surface area contributed by atoms with Gasteiger partial charge in [-0.3, -0.25) is 9.69 Å². The predicted molar refractivity (Wildman–Crippen MR) is 93.3 cm³/mol. The number of carboxylic acids is 1. The van der Waals surface area contributed by atoms with Gasteiger partial charge in [0.1, 0.15) is 11.1 Å². The molecule has 0 saturated carbocycles. The average Bonchev–Trinajstić information content (AvgIpc) is 2.53. The molecule has 3 atom stereocenters. The van der Waals surface area contributed by atoms with Crippen molar-refractivity contribution in [2.24, 2.45) is 0 Å². The molecule has 0 bridgehead atoms. The number of nitrogens with zero attached hydrogens (tertiary/aromatic N) is 1. The molecule has 5 nitrogen and oxygen atoms in total. The second kappa shape index (κ2) is 6.59. The third-order valence-corrected chi connectivity index (χ3v) is 6.58. The Kier molecular flexibility index (Phi) is 4.84. The van der Waals surface area contributed by atoms with Crippen LogP contribution in [0.25, 0.3) is 0 Å².